The molecule has 0 saturated carbocycles. The van der Waals surface area contributed by atoms with E-state index >= 15 is 0 Å². The molecule has 0 aromatic heterocycles. The van der Waals surface area contributed by atoms with Gasteiger partial charge in [0.05, 0.1) is 25.0 Å². The molecule has 0 fully saturated rings. The lowest BCUT2D eigenvalue weighted by molar-refractivity contribution is -0.151. The third kappa shape index (κ3) is 12.3. The summed E-state index contributed by atoms with van der Waals surface area (Å²) >= 11 is 0. The second-order valence-corrected chi connectivity index (χ2v) is 8.54. The van der Waals surface area contributed by atoms with Crippen molar-refractivity contribution in [3.8, 4) is 0 Å². The van der Waals surface area contributed by atoms with Crippen molar-refractivity contribution in [1.82, 2.24) is 0 Å². The van der Waals surface area contributed by atoms with E-state index in [0.717, 1.165) is 70.6 Å². The predicted molar refractivity (Wildman–Crippen MR) is 121 cm³/mol. The van der Waals surface area contributed by atoms with Gasteiger partial charge in [0.15, 0.2) is 0 Å². The molecule has 0 aliphatic rings. The zero-order chi connectivity index (χ0) is 22.1. The standard InChI is InChI=1S/C25H48O4/c1-7-13-15-22(11-5)24(26)28-18-20(9-3)17-21(10-4)19-29-25(27)23(12-6)16-14-8-2/h20-23H,7-19H2,1-6H3. The monoisotopic (exact) mass is 412 g/mol. The fraction of sp³-hybridized carbons (Fsp3) is 0.920. The van der Waals surface area contributed by atoms with Crippen molar-refractivity contribution in [2.75, 3.05) is 13.2 Å². The maximum absolute atomic E-state index is 12.4. The largest absolute Gasteiger partial charge is 0.465 e. The number of ether oxygens (including phenoxy) is 2. The molecule has 0 radical (unpaired) electrons. The molecular formula is C25H48O4. The van der Waals surface area contributed by atoms with Crippen LogP contribution in [0.4, 0.5) is 0 Å². The SMILES string of the molecule is CCCCC(CC)C(=O)OCC(CC)CC(CC)COC(=O)C(CC)CCCC. The van der Waals surface area contributed by atoms with Gasteiger partial charge >= 0.3 is 11.9 Å². The lowest BCUT2D eigenvalue weighted by Gasteiger charge is -2.23. The van der Waals surface area contributed by atoms with Crippen LogP contribution in [0.2, 0.25) is 0 Å². The first kappa shape index (κ1) is 27.9. The van der Waals surface area contributed by atoms with E-state index in [2.05, 4.69) is 41.5 Å². The van der Waals surface area contributed by atoms with Gasteiger partial charge in [-0.15, -0.1) is 0 Å². The first-order valence-corrected chi connectivity index (χ1v) is 12.3. The van der Waals surface area contributed by atoms with Crippen LogP contribution >= 0.6 is 0 Å². The highest BCUT2D eigenvalue weighted by atomic mass is 16.5. The van der Waals surface area contributed by atoms with E-state index in [9.17, 15) is 9.59 Å². The Morgan fingerprint density at radius 2 is 1.00 bits per heavy atom. The van der Waals surface area contributed by atoms with Crippen LogP contribution in [0.3, 0.4) is 0 Å². The Morgan fingerprint density at radius 3 is 1.28 bits per heavy atom. The fourth-order valence-electron chi connectivity index (χ4n) is 3.69. The van der Waals surface area contributed by atoms with Crippen LogP contribution in [0.1, 0.15) is 112 Å². The molecule has 4 heteroatoms. The van der Waals surface area contributed by atoms with E-state index in [1.54, 1.807) is 0 Å². The quantitative estimate of drug-likeness (QED) is 0.229. The Labute approximate surface area is 180 Å². The minimum atomic E-state index is -0.0411. The molecule has 0 aliphatic carbocycles. The van der Waals surface area contributed by atoms with E-state index in [0.29, 0.717) is 25.0 Å². The lowest BCUT2D eigenvalue weighted by Crippen LogP contribution is -2.25. The zero-order valence-electron chi connectivity index (χ0n) is 20.1. The van der Waals surface area contributed by atoms with E-state index in [4.69, 9.17) is 9.47 Å². The molecule has 0 aliphatic heterocycles. The molecular weight excluding hydrogens is 364 g/mol. The average Bonchev–Trinajstić information content (AvgIpc) is 2.74. The van der Waals surface area contributed by atoms with Gasteiger partial charge in [-0.25, -0.2) is 0 Å². The minimum Gasteiger partial charge on any atom is -0.465 e. The molecule has 0 amide bonds. The lowest BCUT2D eigenvalue weighted by atomic mass is 9.91. The maximum atomic E-state index is 12.4. The zero-order valence-corrected chi connectivity index (χ0v) is 20.1. The van der Waals surface area contributed by atoms with Gasteiger partial charge in [0.25, 0.3) is 0 Å². The molecule has 172 valence electrons. The molecule has 0 saturated heterocycles. The summed E-state index contributed by atoms with van der Waals surface area (Å²) in [6.07, 6.45) is 10.8. The summed E-state index contributed by atoms with van der Waals surface area (Å²) < 4.78 is 11.3. The summed E-state index contributed by atoms with van der Waals surface area (Å²) in [6, 6.07) is 0. The molecule has 0 aromatic carbocycles. The highest BCUT2D eigenvalue weighted by Crippen LogP contribution is 2.22. The summed E-state index contributed by atoms with van der Waals surface area (Å²) in [7, 11) is 0. The molecule has 0 rings (SSSR count). The molecule has 4 nitrogen and oxygen atoms in total. The van der Waals surface area contributed by atoms with Crippen molar-refractivity contribution in [2.24, 2.45) is 23.7 Å². The molecule has 0 heterocycles. The predicted octanol–water partition coefficient (Wildman–Crippen LogP) is 6.95. The van der Waals surface area contributed by atoms with Crippen LogP contribution in [-0.4, -0.2) is 25.2 Å². The summed E-state index contributed by atoms with van der Waals surface area (Å²) in [4.78, 5) is 24.7. The molecule has 0 spiro atoms. The van der Waals surface area contributed by atoms with Crippen molar-refractivity contribution >= 4 is 11.9 Å². The fourth-order valence-corrected chi connectivity index (χ4v) is 3.69. The Bertz CT molecular complexity index is 383. The second kappa shape index (κ2) is 17.8. The molecule has 0 N–H and O–H groups in total. The van der Waals surface area contributed by atoms with Crippen molar-refractivity contribution in [1.29, 1.82) is 0 Å². The Morgan fingerprint density at radius 1 is 0.621 bits per heavy atom. The number of carbonyl (C=O) groups is 2. The normalized spacial score (nSPS) is 15.4. The summed E-state index contributed by atoms with van der Waals surface area (Å²) in [5.41, 5.74) is 0. The minimum absolute atomic E-state index is 0.0319. The smallest absolute Gasteiger partial charge is 0.308 e. The van der Waals surface area contributed by atoms with E-state index in [-0.39, 0.29) is 23.8 Å². The van der Waals surface area contributed by atoms with Crippen molar-refractivity contribution < 1.29 is 19.1 Å². The molecule has 29 heavy (non-hydrogen) atoms. The van der Waals surface area contributed by atoms with E-state index in [1.807, 2.05) is 0 Å². The molecule has 4 atom stereocenters. The number of carbonyl (C=O) groups excluding carboxylic acids is 2. The number of hydrogen-bond acceptors (Lipinski definition) is 4. The maximum Gasteiger partial charge on any atom is 0.308 e. The van der Waals surface area contributed by atoms with Crippen molar-refractivity contribution in [3.63, 3.8) is 0 Å². The first-order valence-electron chi connectivity index (χ1n) is 12.3. The number of rotatable bonds is 18. The average molecular weight is 413 g/mol. The summed E-state index contributed by atoms with van der Waals surface area (Å²) in [5, 5.41) is 0. The summed E-state index contributed by atoms with van der Waals surface area (Å²) in [6.45, 7) is 13.7. The van der Waals surface area contributed by atoms with E-state index in [1.165, 1.54) is 0 Å². The van der Waals surface area contributed by atoms with Gasteiger partial charge in [0, 0.05) is 0 Å². The Hall–Kier alpha value is -1.06. The van der Waals surface area contributed by atoms with Crippen molar-refractivity contribution in [3.05, 3.63) is 0 Å². The topological polar surface area (TPSA) is 52.6 Å². The molecule has 4 unspecified atom stereocenters. The van der Waals surface area contributed by atoms with Gasteiger partial charge in [-0.1, -0.05) is 80.1 Å². The molecule has 0 aromatic rings. The third-order valence-corrected chi connectivity index (χ3v) is 6.21. The van der Waals surface area contributed by atoms with Gasteiger partial charge in [0.2, 0.25) is 0 Å². The van der Waals surface area contributed by atoms with Gasteiger partial charge in [0.1, 0.15) is 0 Å². The Balaban J connectivity index is 4.48. The highest BCUT2D eigenvalue weighted by Gasteiger charge is 2.23. The molecule has 0 bridgehead atoms. The second-order valence-electron chi connectivity index (χ2n) is 8.54. The summed E-state index contributed by atoms with van der Waals surface area (Å²) in [5.74, 6) is 0.636. The number of hydrogen-bond donors (Lipinski definition) is 0. The van der Waals surface area contributed by atoms with Crippen LogP contribution in [0.15, 0.2) is 0 Å². The van der Waals surface area contributed by atoms with Gasteiger partial charge in [-0.05, 0) is 43.9 Å². The van der Waals surface area contributed by atoms with E-state index < -0.39 is 0 Å². The van der Waals surface area contributed by atoms with Crippen LogP contribution in [0.5, 0.6) is 0 Å². The Kier molecular flexibility index (Phi) is 17.1. The number of esters is 2. The van der Waals surface area contributed by atoms with Gasteiger partial charge in [-0.2, -0.15) is 0 Å². The van der Waals surface area contributed by atoms with Crippen LogP contribution in [0, 0.1) is 23.7 Å². The van der Waals surface area contributed by atoms with Gasteiger partial charge < -0.3 is 9.47 Å². The van der Waals surface area contributed by atoms with Crippen molar-refractivity contribution in [2.45, 2.75) is 112 Å². The first-order chi connectivity index (χ1) is 14.0. The van der Waals surface area contributed by atoms with Crippen LogP contribution in [-0.2, 0) is 19.1 Å². The van der Waals surface area contributed by atoms with Crippen LogP contribution in [0.25, 0.3) is 0 Å². The number of unbranched alkanes of at least 4 members (excludes halogenated alkanes) is 2. The third-order valence-electron chi connectivity index (χ3n) is 6.21. The van der Waals surface area contributed by atoms with Gasteiger partial charge in [-0.3, -0.25) is 9.59 Å². The van der Waals surface area contributed by atoms with Crippen LogP contribution < -0.4 is 0 Å². The highest BCUT2D eigenvalue weighted by molar-refractivity contribution is 5.72.